The van der Waals surface area contributed by atoms with Crippen molar-refractivity contribution in [3.05, 3.63) is 36.7 Å². The second-order valence-electron chi connectivity index (χ2n) is 9.18. The highest BCUT2D eigenvalue weighted by atomic mass is 32.1. The fourth-order valence-electron chi connectivity index (χ4n) is 4.46. The van der Waals surface area contributed by atoms with Crippen molar-refractivity contribution in [2.24, 2.45) is 0 Å². The zero-order chi connectivity index (χ0) is 21.5. The molecule has 0 unspecified atom stereocenters. The van der Waals surface area contributed by atoms with E-state index in [1.54, 1.807) is 24.6 Å². The van der Waals surface area contributed by atoms with Crippen molar-refractivity contribution in [2.75, 3.05) is 19.5 Å². The molecule has 8 heteroatoms. The topological polar surface area (TPSA) is 68.1 Å². The van der Waals surface area contributed by atoms with E-state index in [1.165, 1.54) is 0 Å². The predicted molar refractivity (Wildman–Crippen MR) is 122 cm³/mol. The second kappa shape index (κ2) is 7.67. The minimum atomic E-state index is 0.123. The van der Waals surface area contributed by atoms with Gasteiger partial charge in [-0.1, -0.05) is 11.3 Å². The molecule has 0 bridgehead atoms. The van der Waals surface area contributed by atoms with Crippen molar-refractivity contribution >= 4 is 16.5 Å². The molecule has 7 nitrogen and oxygen atoms in total. The molecule has 1 aliphatic heterocycles. The summed E-state index contributed by atoms with van der Waals surface area (Å²) >= 11 is 1.56. The first-order valence-electron chi connectivity index (χ1n) is 10.2. The molecule has 1 aromatic carbocycles. The monoisotopic (exact) mass is 426 g/mol. The summed E-state index contributed by atoms with van der Waals surface area (Å²) in [5, 5.41) is 18.5. The van der Waals surface area contributed by atoms with Crippen molar-refractivity contribution in [3.8, 4) is 22.0 Å². The zero-order valence-corrected chi connectivity index (χ0v) is 19.3. The van der Waals surface area contributed by atoms with E-state index in [1.807, 2.05) is 35.1 Å². The molecule has 3 aromatic rings. The standard InChI is InChI=1S/C22H30N6OS/c1-21(2)13-15(14-22(3,4)27(21)5)24-20-26-25-19(30-20)17-9-8-16(12-18(17)29-6)28-11-7-10-23-28/h7-12,15H,13-14H2,1-6H3,(H,24,26). The first-order valence-corrected chi connectivity index (χ1v) is 11.0. The van der Waals surface area contributed by atoms with Gasteiger partial charge in [-0.25, -0.2) is 4.68 Å². The van der Waals surface area contributed by atoms with Gasteiger partial charge in [0.25, 0.3) is 0 Å². The van der Waals surface area contributed by atoms with Crippen LogP contribution in [0.5, 0.6) is 5.75 Å². The maximum atomic E-state index is 5.64. The Morgan fingerprint density at radius 1 is 1.13 bits per heavy atom. The van der Waals surface area contributed by atoms with Crippen molar-refractivity contribution in [1.29, 1.82) is 0 Å². The summed E-state index contributed by atoms with van der Waals surface area (Å²) in [5.41, 5.74) is 2.12. The maximum Gasteiger partial charge on any atom is 0.206 e. The fourth-order valence-corrected chi connectivity index (χ4v) is 5.31. The number of nitrogens with zero attached hydrogens (tertiary/aromatic N) is 5. The lowest BCUT2D eigenvalue weighted by atomic mass is 9.77. The van der Waals surface area contributed by atoms with Crippen LogP contribution in [0.2, 0.25) is 0 Å². The van der Waals surface area contributed by atoms with Crippen LogP contribution >= 0.6 is 11.3 Å². The molecule has 2 aromatic heterocycles. The first kappa shape index (κ1) is 20.8. The van der Waals surface area contributed by atoms with E-state index >= 15 is 0 Å². The number of piperidine rings is 1. The van der Waals surface area contributed by atoms with Crippen LogP contribution in [0.4, 0.5) is 5.13 Å². The van der Waals surface area contributed by atoms with Gasteiger partial charge < -0.3 is 10.1 Å². The summed E-state index contributed by atoms with van der Waals surface area (Å²) < 4.78 is 7.44. The summed E-state index contributed by atoms with van der Waals surface area (Å²) in [6.45, 7) is 9.22. The zero-order valence-electron chi connectivity index (χ0n) is 18.5. The molecule has 1 saturated heterocycles. The lowest BCUT2D eigenvalue weighted by molar-refractivity contribution is -0.00768. The Morgan fingerprint density at radius 3 is 2.50 bits per heavy atom. The SMILES string of the molecule is COc1cc(-n2cccn2)ccc1-c1nnc(NC2CC(C)(C)N(C)C(C)(C)C2)s1. The third-order valence-electron chi connectivity index (χ3n) is 6.24. The Morgan fingerprint density at radius 2 is 1.87 bits per heavy atom. The summed E-state index contributed by atoms with van der Waals surface area (Å²) in [5.74, 6) is 0.757. The van der Waals surface area contributed by atoms with Crippen LogP contribution in [-0.4, -0.2) is 56.2 Å². The number of anilines is 1. The highest BCUT2D eigenvalue weighted by molar-refractivity contribution is 7.18. The number of methoxy groups -OCH3 is 1. The molecule has 0 amide bonds. The number of hydrogen-bond donors (Lipinski definition) is 1. The van der Waals surface area contributed by atoms with Crippen molar-refractivity contribution in [2.45, 2.75) is 57.7 Å². The molecule has 160 valence electrons. The number of hydrogen-bond acceptors (Lipinski definition) is 7. The van der Waals surface area contributed by atoms with E-state index in [9.17, 15) is 0 Å². The highest BCUT2D eigenvalue weighted by Crippen LogP contribution is 2.39. The number of nitrogens with one attached hydrogen (secondary N) is 1. The van der Waals surface area contributed by atoms with E-state index in [0.29, 0.717) is 6.04 Å². The van der Waals surface area contributed by atoms with Gasteiger partial charge in [-0.2, -0.15) is 5.10 Å². The quantitative estimate of drug-likeness (QED) is 0.650. The number of rotatable bonds is 5. The minimum absolute atomic E-state index is 0.123. The maximum absolute atomic E-state index is 5.64. The first-order chi connectivity index (χ1) is 14.2. The number of aromatic nitrogens is 4. The van der Waals surface area contributed by atoms with Crippen LogP contribution in [0.15, 0.2) is 36.7 Å². The van der Waals surface area contributed by atoms with Gasteiger partial charge in [-0.05, 0) is 65.8 Å². The van der Waals surface area contributed by atoms with Gasteiger partial charge >= 0.3 is 0 Å². The molecule has 0 radical (unpaired) electrons. The Bertz CT molecular complexity index is 993. The number of likely N-dealkylation sites (tertiary alicyclic amines) is 1. The van der Waals surface area contributed by atoms with Gasteiger partial charge in [-0.15, -0.1) is 10.2 Å². The average molecular weight is 427 g/mol. The lowest BCUT2D eigenvalue weighted by Gasteiger charge is -2.53. The molecule has 0 atom stereocenters. The van der Waals surface area contributed by atoms with E-state index in [0.717, 1.165) is 40.0 Å². The van der Waals surface area contributed by atoms with Gasteiger partial charge in [0.1, 0.15) is 5.75 Å². The van der Waals surface area contributed by atoms with Crippen molar-refractivity contribution in [1.82, 2.24) is 24.9 Å². The van der Waals surface area contributed by atoms with E-state index in [4.69, 9.17) is 4.74 Å². The summed E-state index contributed by atoms with van der Waals surface area (Å²) in [7, 11) is 3.90. The molecule has 0 saturated carbocycles. The van der Waals surface area contributed by atoms with Crippen molar-refractivity contribution < 1.29 is 4.74 Å². The summed E-state index contributed by atoms with van der Waals surface area (Å²) in [6.07, 6.45) is 5.79. The van der Waals surface area contributed by atoms with E-state index < -0.39 is 0 Å². The van der Waals surface area contributed by atoms with Crippen LogP contribution in [0.3, 0.4) is 0 Å². The van der Waals surface area contributed by atoms with Gasteiger partial charge in [0.05, 0.1) is 18.4 Å². The van der Waals surface area contributed by atoms with Crippen LogP contribution in [-0.2, 0) is 0 Å². The van der Waals surface area contributed by atoms with Crippen LogP contribution < -0.4 is 10.1 Å². The third-order valence-corrected chi connectivity index (χ3v) is 7.13. The summed E-state index contributed by atoms with van der Waals surface area (Å²) in [6, 6.07) is 8.26. The molecular weight excluding hydrogens is 396 g/mol. The average Bonchev–Trinajstić information content (AvgIpc) is 3.37. The van der Waals surface area contributed by atoms with E-state index in [-0.39, 0.29) is 11.1 Å². The highest BCUT2D eigenvalue weighted by Gasteiger charge is 2.43. The van der Waals surface area contributed by atoms with E-state index in [2.05, 4.69) is 60.3 Å². The molecule has 4 rings (SSSR count). The Labute approximate surface area is 182 Å². The van der Waals surface area contributed by atoms with Crippen molar-refractivity contribution in [3.63, 3.8) is 0 Å². The van der Waals surface area contributed by atoms with Gasteiger partial charge in [-0.3, -0.25) is 4.90 Å². The Hall–Kier alpha value is -2.45. The normalized spacial score (nSPS) is 19.0. The largest absolute Gasteiger partial charge is 0.496 e. The molecule has 0 spiro atoms. The molecule has 30 heavy (non-hydrogen) atoms. The molecule has 1 N–H and O–H groups in total. The van der Waals surface area contributed by atoms with Gasteiger partial charge in [0, 0.05) is 35.6 Å². The molecule has 1 aliphatic rings. The fraction of sp³-hybridized carbons (Fsp3) is 0.500. The molecule has 0 aliphatic carbocycles. The summed E-state index contributed by atoms with van der Waals surface area (Å²) in [4.78, 5) is 2.48. The third kappa shape index (κ3) is 3.94. The molecule has 1 fully saturated rings. The van der Waals surface area contributed by atoms with Crippen LogP contribution in [0.1, 0.15) is 40.5 Å². The van der Waals surface area contributed by atoms with Crippen LogP contribution in [0, 0.1) is 0 Å². The minimum Gasteiger partial charge on any atom is -0.496 e. The Kier molecular flexibility index (Phi) is 5.32. The van der Waals surface area contributed by atoms with Gasteiger partial charge in [0.15, 0.2) is 5.01 Å². The Balaban J connectivity index is 1.55. The number of benzene rings is 1. The lowest BCUT2D eigenvalue weighted by Crippen LogP contribution is -2.61. The predicted octanol–water partition coefficient (Wildman–Crippen LogP) is 4.46. The number of ether oxygens (including phenoxy) is 1. The smallest absolute Gasteiger partial charge is 0.206 e. The molecule has 3 heterocycles. The van der Waals surface area contributed by atoms with Gasteiger partial charge in [0.2, 0.25) is 5.13 Å². The molecular formula is C22H30N6OS. The second-order valence-corrected chi connectivity index (χ2v) is 10.2. The van der Waals surface area contributed by atoms with Crippen LogP contribution in [0.25, 0.3) is 16.3 Å².